The van der Waals surface area contributed by atoms with Gasteiger partial charge in [0.25, 0.3) is 11.8 Å². The average molecular weight is 619 g/mol. The summed E-state index contributed by atoms with van der Waals surface area (Å²) in [5, 5.41) is 16.6. The van der Waals surface area contributed by atoms with Gasteiger partial charge in [0.2, 0.25) is 0 Å². The summed E-state index contributed by atoms with van der Waals surface area (Å²) in [6.45, 7) is 2.26. The number of aliphatic hydroxyl groups excluding tert-OH is 1. The van der Waals surface area contributed by atoms with Crippen LogP contribution >= 0.6 is 22.9 Å². The standard InChI is InChI=1S/C30H30ClF3N4O3S/c31-24-9-8-18(15-23(24)30(32,33)34)16-35-37-28(41)26-22-6-1-2-7-25(22)42-29(26)36-27(40)20-5-3-4-19(14-20)17-38-12-10-21(39)11-13-38/h3-5,8-9,14-16,21,39H,1-2,6-7,10-13,17H2,(H,36,40)(H,37,41). The van der Waals surface area contributed by atoms with Crippen molar-refractivity contribution < 1.29 is 27.9 Å². The number of alkyl halides is 3. The van der Waals surface area contributed by atoms with Crippen LogP contribution in [0.15, 0.2) is 47.6 Å². The number of hydrogen-bond acceptors (Lipinski definition) is 6. The number of carbonyl (C=O) groups is 2. The molecule has 2 amide bonds. The Labute approximate surface area is 250 Å². The predicted molar refractivity (Wildman–Crippen MR) is 157 cm³/mol. The van der Waals surface area contributed by atoms with E-state index in [0.29, 0.717) is 29.1 Å². The van der Waals surface area contributed by atoms with Gasteiger partial charge >= 0.3 is 6.18 Å². The van der Waals surface area contributed by atoms with Crippen LogP contribution in [0.25, 0.3) is 0 Å². The fraction of sp³-hybridized carbons (Fsp3) is 0.367. The first-order valence-corrected chi connectivity index (χ1v) is 14.9. The number of likely N-dealkylation sites (tertiary alicyclic amines) is 1. The molecule has 0 spiro atoms. The van der Waals surface area contributed by atoms with Crippen molar-refractivity contribution in [1.29, 1.82) is 0 Å². The first-order chi connectivity index (χ1) is 20.1. The molecular formula is C30H30ClF3N4O3S. The van der Waals surface area contributed by atoms with Gasteiger partial charge in [-0.1, -0.05) is 29.8 Å². The molecule has 2 heterocycles. The zero-order chi connectivity index (χ0) is 29.9. The highest BCUT2D eigenvalue weighted by Crippen LogP contribution is 2.38. The summed E-state index contributed by atoms with van der Waals surface area (Å²) in [5.74, 6) is -0.894. The second-order valence-corrected chi connectivity index (χ2v) is 12.0. The molecule has 0 bridgehead atoms. The summed E-state index contributed by atoms with van der Waals surface area (Å²) in [6.07, 6.45) is 1.06. The van der Waals surface area contributed by atoms with Crippen molar-refractivity contribution in [2.75, 3.05) is 18.4 Å². The lowest BCUT2D eigenvalue weighted by Crippen LogP contribution is -2.35. The van der Waals surface area contributed by atoms with Crippen LogP contribution in [0.3, 0.4) is 0 Å². The fourth-order valence-corrected chi connectivity index (χ4v) is 6.78. The number of anilines is 1. The minimum absolute atomic E-state index is 0.119. The molecule has 2 aliphatic rings. The van der Waals surface area contributed by atoms with Gasteiger partial charge in [-0.25, -0.2) is 5.43 Å². The number of nitrogens with zero attached hydrogens (tertiary/aromatic N) is 2. The molecule has 0 radical (unpaired) electrons. The summed E-state index contributed by atoms with van der Waals surface area (Å²) < 4.78 is 39.6. The number of aryl methyl sites for hydroxylation is 1. The normalized spacial score (nSPS) is 16.4. The monoisotopic (exact) mass is 618 g/mol. The highest BCUT2D eigenvalue weighted by molar-refractivity contribution is 7.17. The number of fused-ring (bicyclic) bond motifs is 1. The van der Waals surface area contributed by atoms with E-state index in [1.165, 1.54) is 17.4 Å². The second-order valence-electron chi connectivity index (χ2n) is 10.5. The SMILES string of the molecule is O=C(Nc1sc2c(c1C(=O)NN=Cc1ccc(Cl)c(C(F)(F)F)c1)CCCC2)c1cccc(CN2CCC(O)CC2)c1. The molecule has 7 nitrogen and oxygen atoms in total. The van der Waals surface area contributed by atoms with Gasteiger partial charge in [0.05, 0.1) is 28.5 Å². The number of hydrogen-bond donors (Lipinski definition) is 3. The number of amides is 2. The molecule has 12 heteroatoms. The number of benzene rings is 2. The van der Waals surface area contributed by atoms with E-state index in [0.717, 1.165) is 79.5 Å². The van der Waals surface area contributed by atoms with Crippen molar-refractivity contribution in [1.82, 2.24) is 10.3 Å². The smallest absolute Gasteiger partial charge is 0.393 e. The Balaban J connectivity index is 1.31. The molecule has 1 aliphatic carbocycles. The van der Waals surface area contributed by atoms with Crippen LogP contribution in [0, 0.1) is 0 Å². The van der Waals surface area contributed by atoms with Crippen LogP contribution in [-0.4, -0.2) is 47.2 Å². The van der Waals surface area contributed by atoms with Gasteiger partial charge in [-0.3, -0.25) is 14.5 Å². The van der Waals surface area contributed by atoms with E-state index < -0.39 is 22.7 Å². The zero-order valence-corrected chi connectivity index (χ0v) is 24.2. The summed E-state index contributed by atoms with van der Waals surface area (Å²) >= 11 is 7.05. The van der Waals surface area contributed by atoms with E-state index in [1.807, 2.05) is 18.2 Å². The highest BCUT2D eigenvalue weighted by atomic mass is 35.5. The van der Waals surface area contributed by atoms with E-state index in [4.69, 9.17) is 11.6 Å². The molecule has 1 aliphatic heterocycles. The van der Waals surface area contributed by atoms with Crippen molar-refractivity contribution in [3.63, 3.8) is 0 Å². The Morgan fingerprint density at radius 1 is 1.10 bits per heavy atom. The van der Waals surface area contributed by atoms with E-state index >= 15 is 0 Å². The lowest BCUT2D eigenvalue weighted by Gasteiger charge is -2.29. The second kappa shape index (κ2) is 12.9. The number of hydrazone groups is 1. The van der Waals surface area contributed by atoms with Gasteiger partial charge in [0.1, 0.15) is 5.00 Å². The highest BCUT2D eigenvalue weighted by Gasteiger charge is 2.33. The maximum Gasteiger partial charge on any atom is 0.417 e. The Morgan fingerprint density at radius 2 is 1.86 bits per heavy atom. The van der Waals surface area contributed by atoms with Gasteiger partial charge in [-0.05, 0) is 79.5 Å². The largest absolute Gasteiger partial charge is 0.417 e. The van der Waals surface area contributed by atoms with E-state index in [9.17, 15) is 27.9 Å². The maximum absolute atomic E-state index is 13.3. The number of carbonyl (C=O) groups excluding carboxylic acids is 2. The third-order valence-corrected chi connectivity index (χ3v) is 8.99. The number of piperidine rings is 1. The predicted octanol–water partition coefficient (Wildman–Crippen LogP) is 6.27. The Bertz CT molecular complexity index is 1500. The molecule has 1 saturated heterocycles. The van der Waals surface area contributed by atoms with E-state index in [1.54, 1.807) is 6.07 Å². The molecule has 42 heavy (non-hydrogen) atoms. The van der Waals surface area contributed by atoms with Crippen molar-refractivity contribution in [2.45, 2.75) is 57.3 Å². The lowest BCUT2D eigenvalue weighted by molar-refractivity contribution is -0.137. The summed E-state index contributed by atoms with van der Waals surface area (Å²) in [6, 6.07) is 10.7. The van der Waals surface area contributed by atoms with Gasteiger partial charge in [0, 0.05) is 30.1 Å². The van der Waals surface area contributed by atoms with Crippen LogP contribution in [-0.2, 0) is 25.6 Å². The molecule has 5 rings (SSSR count). The number of nitrogens with one attached hydrogen (secondary N) is 2. The maximum atomic E-state index is 13.3. The Kier molecular flexibility index (Phi) is 9.32. The first-order valence-electron chi connectivity index (χ1n) is 13.7. The average Bonchev–Trinajstić information content (AvgIpc) is 3.32. The quantitative estimate of drug-likeness (QED) is 0.215. The molecule has 0 saturated carbocycles. The van der Waals surface area contributed by atoms with Crippen LogP contribution in [0.4, 0.5) is 18.2 Å². The molecule has 1 fully saturated rings. The number of thiophene rings is 1. The minimum Gasteiger partial charge on any atom is -0.393 e. The molecule has 222 valence electrons. The van der Waals surface area contributed by atoms with Gasteiger partial charge < -0.3 is 10.4 Å². The van der Waals surface area contributed by atoms with Crippen LogP contribution in [0.2, 0.25) is 5.02 Å². The van der Waals surface area contributed by atoms with Crippen LogP contribution < -0.4 is 10.7 Å². The van der Waals surface area contributed by atoms with Crippen LogP contribution in [0.1, 0.15) is 73.5 Å². The van der Waals surface area contributed by atoms with Gasteiger partial charge in [0.15, 0.2) is 0 Å². The summed E-state index contributed by atoms with van der Waals surface area (Å²) in [7, 11) is 0. The third-order valence-electron chi connectivity index (χ3n) is 7.45. The third kappa shape index (κ3) is 7.20. The topological polar surface area (TPSA) is 94.0 Å². The molecule has 0 unspecified atom stereocenters. The first kappa shape index (κ1) is 30.2. The molecule has 3 N–H and O–H groups in total. The van der Waals surface area contributed by atoms with Gasteiger partial charge in [-0.15, -0.1) is 11.3 Å². The van der Waals surface area contributed by atoms with Crippen LogP contribution in [0.5, 0.6) is 0 Å². The Hall–Kier alpha value is -3.25. The number of aliphatic hydroxyl groups is 1. The van der Waals surface area contributed by atoms with Crippen molar-refractivity contribution >= 4 is 46.0 Å². The minimum atomic E-state index is -4.62. The van der Waals surface area contributed by atoms with Crippen molar-refractivity contribution in [3.8, 4) is 0 Å². The lowest BCUT2D eigenvalue weighted by atomic mass is 9.95. The summed E-state index contributed by atoms with van der Waals surface area (Å²) in [5.41, 5.74) is 4.18. The fourth-order valence-electron chi connectivity index (χ4n) is 5.28. The molecule has 2 aromatic carbocycles. The Morgan fingerprint density at radius 3 is 2.62 bits per heavy atom. The zero-order valence-electron chi connectivity index (χ0n) is 22.6. The van der Waals surface area contributed by atoms with E-state index in [2.05, 4.69) is 20.7 Å². The molecular weight excluding hydrogens is 589 g/mol. The van der Waals surface area contributed by atoms with Crippen molar-refractivity contribution in [3.05, 3.63) is 85.7 Å². The summed E-state index contributed by atoms with van der Waals surface area (Å²) in [4.78, 5) is 29.9. The number of halogens is 4. The van der Waals surface area contributed by atoms with Gasteiger partial charge in [-0.2, -0.15) is 18.3 Å². The number of rotatable bonds is 7. The van der Waals surface area contributed by atoms with E-state index in [-0.39, 0.29) is 17.6 Å². The van der Waals surface area contributed by atoms with Crippen molar-refractivity contribution in [2.24, 2.45) is 5.10 Å². The molecule has 0 atom stereocenters. The molecule has 1 aromatic heterocycles. The molecule has 3 aromatic rings.